The molecule has 5 rings (SSSR count). The molecule has 2 aromatic carbocycles. The van der Waals surface area contributed by atoms with E-state index in [4.69, 9.17) is 40.2 Å². The van der Waals surface area contributed by atoms with E-state index < -0.39 is 0 Å². The van der Waals surface area contributed by atoms with Crippen LogP contribution in [0.1, 0.15) is 34.7 Å². The normalized spacial score (nSPS) is 17.5. The van der Waals surface area contributed by atoms with Crippen LogP contribution in [0.3, 0.4) is 0 Å². The zero-order valence-corrected chi connectivity index (χ0v) is 21.8. The van der Waals surface area contributed by atoms with Gasteiger partial charge in [-0.15, -0.1) is 0 Å². The van der Waals surface area contributed by atoms with Gasteiger partial charge in [-0.2, -0.15) is 0 Å². The lowest BCUT2D eigenvalue weighted by Gasteiger charge is -2.28. The van der Waals surface area contributed by atoms with Crippen LogP contribution in [0.15, 0.2) is 72.9 Å². The third-order valence-corrected chi connectivity index (χ3v) is 7.24. The average molecular weight is 523 g/mol. The Morgan fingerprint density at radius 2 is 1.77 bits per heavy atom. The predicted molar refractivity (Wildman–Crippen MR) is 146 cm³/mol. The maximum absolute atomic E-state index is 6.61. The number of aromatic nitrogens is 2. The van der Waals surface area contributed by atoms with Crippen molar-refractivity contribution in [1.82, 2.24) is 14.9 Å². The molecule has 0 aliphatic carbocycles. The van der Waals surface area contributed by atoms with E-state index in [2.05, 4.69) is 39.7 Å². The van der Waals surface area contributed by atoms with Gasteiger partial charge < -0.3 is 19.5 Å². The van der Waals surface area contributed by atoms with Crippen LogP contribution >= 0.6 is 35.4 Å². The van der Waals surface area contributed by atoms with Crippen LogP contribution < -0.4 is 15.0 Å². The quantitative estimate of drug-likeness (QED) is 0.286. The largest absolute Gasteiger partial charge is 0.497 e. The average Bonchev–Trinajstić information content (AvgIpc) is 3.35. The minimum absolute atomic E-state index is 0.128. The van der Waals surface area contributed by atoms with Gasteiger partial charge in [-0.1, -0.05) is 29.3 Å². The van der Waals surface area contributed by atoms with E-state index >= 15 is 0 Å². The molecule has 1 aliphatic heterocycles. The molecule has 1 N–H and O–H groups in total. The summed E-state index contributed by atoms with van der Waals surface area (Å²) >= 11 is 18.6. The number of pyridine rings is 1. The molecule has 0 radical (unpaired) electrons. The number of ether oxygens (including phenoxy) is 1. The predicted octanol–water partition coefficient (Wildman–Crippen LogP) is 6.98. The fraction of sp³-hybridized carbons (Fsp3) is 0.185. The number of thiocarbonyl (C=S) groups is 1. The molecular formula is C27H24Cl2N4OS. The standard InChI is InChI=1S/C27H24Cl2N4OS/c1-16-14-21(17(2)32(16)24-12-7-18(28)15-22(24)29)26-25(23-6-4-5-13-30-23)31-27(35)33(26)19-8-10-20(34-3)11-9-19/h4-15,25-26H,1-3H3,(H,31,35)/t25-,26-/m1/s1. The molecular weight excluding hydrogens is 499 g/mol. The first-order chi connectivity index (χ1) is 16.9. The second-order valence-electron chi connectivity index (χ2n) is 8.45. The van der Waals surface area contributed by atoms with Crippen LogP contribution in [0.25, 0.3) is 5.69 Å². The minimum atomic E-state index is -0.138. The second-order valence-corrected chi connectivity index (χ2v) is 9.68. The molecule has 8 heteroatoms. The molecule has 0 bridgehead atoms. The van der Waals surface area contributed by atoms with Gasteiger partial charge in [-0.05, 0) is 92.3 Å². The summed E-state index contributed by atoms with van der Waals surface area (Å²) < 4.78 is 7.53. The lowest BCUT2D eigenvalue weighted by atomic mass is 9.96. The molecule has 0 spiro atoms. The van der Waals surface area contributed by atoms with Crippen molar-refractivity contribution in [2.24, 2.45) is 0 Å². The number of benzene rings is 2. The molecule has 4 aromatic rings. The Hall–Kier alpha value is -3.06. The van der Waals surface area contributed by atoms with Gasteiger partial charge in [0.25, 0.3) is 0 Å². The number of halogens is 2. The summed E-state index contributed by atoms with van der Waals surface area (Å²) in [5.74, 6) is 0.792. The summed E-state index contributed by atoms with van der Waals surface area (Å²) in [7, 11) is 1.66. The molecule has 1 fully saturated rings. The monoisotopic (exact) mass is 522 g/mol. The first-order valence-corrected chi connectivity index (χ1v) is 12.3. The van der Waals surface area contributed by atoms with Crippen molar-refractivity contribution >= 4 is 46.2 Å². The maximum atomic E-state index is 6.61. The number of nitrogens with one attached hydrogen (secondary N) is 1. The molecule has 1 saturated heterocycles. The Kier molecular flexibility index (Phi) is 6.45. The van der Waals surface area contributed by atoms with Crippen molar-refractivity contribution in [2.75, 3.05) is 12.0 Å². The highest BCUT2D eigenvalue weighted by Crippen LogP contribution is 2.44. The molecule has 178 valence electrons. The Morgan fingerprint density at radius 1 is 1.00 bits per heavy atom. The molecule has 2 atom stereocenters. The summed E-state index contributed by atoms with van der Waals surface area (Å²) in [6.07, 6.45) is 1.81. The first-order valence-electron chi connectivity index (χ1n) is 11.2. The van der Waals surface area contributed by atoms with Gasteiger partial charge in [0.1, 0.15) is 5.75 Å². The molecule has 0 amide bonds. The summed E-state index contributed by atoms with van der Waals surface area (Å²) in [5.41, 5.74) is 6.05. The van der Waals surface area contributed by atoms with Crippen molar-refractivity contribution in [3.63, 3.8) is 0 Å². The Balaban J connectivity index is 1.67. The number of hydrogen-bond donors (Lipinski definition) is 1. The van der Waals surface area contributed by atoms with E-state index in [9.17, 15) is 0 Å². The Bertz CT molecular complexity index is 1390. The molecule has 3 heterocycles. The Morgan fingerprint density at radius 3 is 2.43 bits per heavy atom. The van der Waals surface area contributed by atoms with E-state index in [1.54, 1.807) is 13.2 Å². The number of rotatable bonds is 5. The molecule has 2 aromatic heterocycles. The van der Waals surface area contributed by atoms with E-state index in [0.29, 0.717) is 15.2 Å². The van der Waals surface area contributed by atoms with Gasteiger partial charge in [0, 0.05) is 28.3 Å². The van der Waals surface area contributed by atoms with Gasteiger partial charge >= 0.3 is 0 Å². The fourth-order valence-corrected chi connectivity index (χ4v) is 5.65. The highest BCUT2D eigenvalue weighted by molar-refractivity contribution is 7.80. The van der Waals surface area contributed by atoms with Crippen LogP contribution in [0.5, 0.6) is 5.75 Å². The molecule has 5 nitrogen and oxygen atoms in total. The SMILES string of the molecule is COc1ccc(N2C(=S)N[C@H](c3ccccn3)[C@H]2c2cc(C)n(-c3ccc(Cl)cc3Cl)c2C)cc1. The third-order valence-electron chi connectivity index (χ3n) is 6.39. The summed E-state index contributed by atoms with van der Waals surface area (Å²) in [6.45, 7) is 4.19. The highest BCUT2D eigenvalue weighted by atomic mass is 35.5. The van der Waals surface area contributed by atoms with Crippen molar-refractivity contribution < 1.29 is 4.74 Å². The molecule has 0 unspecified atom stereocenters. The fourth-order valence-electron chi connectivity index (χ4n) is 4.81. The zero-order chi connectivity index (χ0) is 24.7. The van der Waals surface area contributed by atoms with Gasteiger partial charge in [0.2, 0.25) is 0 Å². The summed E-state index contributed by atoms with van der Waals surface area (Å²) in [5, 5.41) is 5.37. The number of nitrogens with zero attached hydrogens (tertiary/aromatic N) is 3. The highest BCUT2D eigenvalue weighted by Gasteiger charge is 2.42. The van der Waals surface area contributed by atoms with Crippen LogP contribution in [0, 0.1) is 13.8 Å². The number of methoxy groups -OCH3 is 1. The zero-order valence-electron chi connectivity index (χ0n) is 19.5. The topological polar surface area (TPSA) is 42.3 Å². The first kappa shape index (κ1) is 23.7. The van der Waals surface area contributed by atoms with E-state index in [0.717, 1.165) is 39.8 Å². The smallest absolute Gasteiger partial charge is 0.174 e. The number of hydrogen-bond acceptors (Lipinski definition) is 3. The van der Waals surface area contributed by atoms with Crippen LogP contribution in [0.2, 0.25) is 10.0 Å². The van der Waals surface area contributed by atoms with Crippen LogP contribution in [0.4, 0.5) is 5.69 Å². The van der Waals surface area contributed by atoms with Gasteiger partial charge in [0.15, 0.2) is 5.11 Å². The molecule has 0 saturated carbocycles. The van der Waals surface area contributed by atoms with E-state index in [-0.39, 0.29) is 12.1 Å². The maximum Gasteiger partial charge on any atom is 0.174 e. The van der Waals surface area contributed by atoms with E-state index in [1.807, 2.05) is 60.8 Å². The van der Waals surface area contributed by atoms with Crippen molar-refractivity contribution in [1.29, 1.82) is 0 Å². The summed E-state index contributed by atoms with van der Waals surface area (Å²) in [6, 6.07) is 21.4. The molecule has 1 aliphatic rings. The number of aryl methyl sites for hydroxylation is 1. The number of anilines is 1. The minimum Gasteiger partial charge on any atom is -0.497 e. The lowest BCUT2D eigenvalue weighted by Crippen LogP contribution is -2.29. The summed E-state index contributed by atoms with van der Waals surface area (Å²) in [4.78, 5) is 6.81. The van der Waals surface area contributed by atoms with Gasteiger partial charge in [-0.3, -0.25) is 4.98 Å². The van der Waals surface area contributed by atoms with Crippen LogP contribution in [-0.2, 0) is 0 Å². The van der Waals surface area contributed by atoms with Crippen LogP contribution in [-0.4, -0.2) is 21.8 Å². The van der Waals surface area contributed by atoms with Gasteiger partial charge in [-0.25, -0.2) is 0 Å². The third kappa shape index (κ3) is 4.27. The lowest BCUT2D eigenvalue weighted by molar-refractivity contribution is 0.415. The van der Waals surface area contributed by atoms with Crippen molar-refractivity contribution in [2.45, 2.75) is 25.9 Å². The van der Waals surface area contributed by atoms with Crippen molar-refractivity contribution in [3.05, 3.63) is 106 Å². The van der Waals surface area contributed by atoms with E-state index in [1.165, 1.54) is 0 Å². The van der Waals surface area contributed by atoms with Gasteiger partial charge in [0.05, 0.1) is 35.6 Å². The van der Waals surface area contributed by atoms with Crippen molar-refractivity contribution in [3.8, 4) is 11.4 Å². The molecule has 35 heavy (non-hydrogen) atoms. The second kappa shape index (κ2) is 9.53. The Labute approximate surface area is 220 Å².